The number of likely N-dealkylation sites (tertiary alicyclic amines) is 1. The molecule has 2 rings (SSSR count). The lowest BCUT2D eigenvalue weighted by molar-refractivity contribution is 0.0694. The van der Waals surface area contributed by atoms with Crippen LogP contribution in [0.25, 0.3) is 0 Å². The van der Waals surface area contributed by atoms with Gasteiger partial charge in [-0.1, -0.05) is 15.9 Å². The smallest absolute Gasteiger partial charge is 0.256 e. The molecule has 0 bridgehead atoms. The lowest BCUT2D eigenvalue weighted by atomic mass is 9.98. The minimum Gasteiger partial charge on any atom is -0.508 e. The van der Waals surface area contributed by atoms with Crippen molar-refractivity contribution in [1.82, 2.24) is 4.90 Å². The van der Waals surface area contributed by atoms with Crippen LogP contribution in [0.4, 0.5) is 4.39 Å². The predicted octanol–water partition coefficient (Wildman–Crippen LogP) is 2.78. The molecule has 0 aliphatic carbocycles. The van der Waals surface area contributed by atoms with E-state index >= 15 is 0 Å². The molecule has 3 nitrogen and oxygen atoms in total. The number of alkyl halides is 1. The van der Waals surface area contributed by atoms with E-state index in [4.69, 9.17) is 5.11 Å². The highest BCUT2D eigenvalue weighted by atomic mass is 79.9. The molecule has 0 radical (unpaired) electrons. The molecular weight excluding hydrogens is 301 g/mol. The molecule has 18 heavy (non-hydrogen) atoms. The van der Waals surface area contributed by atoms with Crippen molar-refractivity contribution in [2.75, 3.05) is 18.4 Å². The van der Waals surface area contributed by atoms with Crippen molar-refractivity contribution >= 4 is 21.8 Å². The molecule has 0 saturated carbocycles. The Morgan fingerprint density at radius 3 is 2.67 bits per heavy atom. The fraction of sp³-hybridized carbons (Fsp3) is 0.462. The number of carbonyl (C=O) groups is 1. The molecule has 98 valence electrons. The highest BCUT2D eigenvalue weighted by Crippen LogP contribution is 2.22. The lowest BCUT2D eigenvalue weighted by Crippen LogP contribution is -2.39. The van der Waals surface area contributed by atoms with Crippen LogP contribution >= 0.6 is 15.9 Å². The van der Waals surface area contributed by atoms with E-state index in [2.05, 4.69) is 15.9 Å². The summed E-state index contributed by atoms with van der Waals surface area (Å²) in [7, 11) is 0. The summed E-state index contributed by atoms with van der Waals surface area (Å²) in [4.78, 5) is 13.8. The molecular formula is C13H15BrFNO2. The number of hydrogen-bond donors (Lipinski definition) is 1. The molecule has 1 fully saturated rings. The van der Waals surface area contributed by atoms with Crippen molar-refractivity contribution in [3.8, 4) is 5.75 Å². The maximum absolute atomic E-state index is 13.6. The summed E-state index contributed by atoms with van der Waals surface area (Å²) in [6.45, 7) is 1.32. The van der Waals surface area contributed by atoms with Crippen molar-refractivity contribution in [2.24, 2.45) is 5.92 Å². The average molecular weight is 316 g/mol. The molecule has 1 saturated heterocycles. The standard InChI is InChI=1S/C13H15BrFNO2/c14-8-9-3-5-16(6-4-9)13(18)11-2-1-10(17)7-12(11)15/h1-2,7,9,17H,3-6,8H2. The van der Waals surface area contributed by atoms with Gasteiger partial charge in [0, 0.05) is 24.5 Å². The van der Waals surface area contributed by atoms with Crippen molar-refractivity contribution in [3.05, 3.63) is 29.6 Å². The zero-order chi connectivity index (χ0) is 13.1. The van der Waals surface area contributed by atoms with Crippen LogP contribution < -0.4 is 0 Å². The van der Waals surface area contributed by atoms with Gasteiger partial charge in [-0.05, 0) is 30.9 Å². The number of halogens is 2. The summed E-state index contributed by atoms with van der Waals surface area (Å²) in [6.07, 6.45) is 1.88. The van der Waals surface area contributed by atoms with Gasteiger partial charge in [0.15, 0.2) is 0 Å². The van der Waals surface area contributed by atoms with Gasteiger partial charge in [0.1, 0.15) is 11.6 Å². The first-order valence-corrected chi connectivity index (χ1v) is 7.07. The third-order valence-corrected chi connectivity index (χ3v) is 4.22. The van der Waals surface area contributed by atoms with Gasteiger partial charge in [-0.15, -0.1) is 0 Å². The topological polar surface area (TPSA) is 40.5 Å². The fourth-order valence-corrected chi connectivity index (χ4v) is 2.79. The second-order valence-electron chi connectivity index (χ2n) is 4.55. The molecule has 1 aromatic rings. The Balaban J connectivity index is 2.08. The summed E-state index contributed by atoms with van der Waals surface area (Å²) in [6, 6.07) is 3.64. The third-order valence-electron chi connectivity index (χ3n) is 3.30. The molecule has 5 heteroatoms. The quantitative estimate of drug-likeness (QED) is 0.853. The fourth-order valence-electron chi connectivity index (χ4n) is 2.14. The van der Waals surface area contributed by atoms with Crippen LogP contribution in [-0.4, -0.2) is 34.3 Å². The number of phenols is 1. The van der Waals surface area contributed by atoms with Gasteiger partial charge < -0.3 is 10.0 Å². The lowest BCUT2D eigenvalue weighted by Gasteiger charge is -2.31. The molecule has 0 spiro atoms. The molecule has 1 N–H and O–H groups in total. The van der Waals surface area contributed by atoms with Gasteiger partial charge in [0.05, 0.1) is 5.56 Å². The van der Waals surface area contributed by atoms with E-state index in [-0.39, 0.29) is 17.2 Å². The second kappa shape index (κ2) is 5.69. The van der Waals surface area contributed by atoms with E-state index in [9.17, 15) is 9.18 Å². The Kier molecular flexibility index (Phi) is 4.22. The number of benzene rings is 1. The van der Waals surface area contributed by atoms with Crippen LogP contribution in [0.15, 0.2) is 18.2 Å². The number of aromatic hydroxyl groups is 1. The van der Waals surface area contributed by atoms with Crippen molar-refractivity contribution in [1.29, 1.82) is 0 Å². The van der Waals surface area contributed by atoms with Crippen LogP contribution in [0.5, 0.6) is 5.75 Å². The Bertz CT molecular complexity index is 445. The summed E-state index contributed by atoms with van der Waals surface area (Å²) in [5.41, 5.74) is 0.0325. The van der Waals surface area contributed by atoms with E-state index in [1.165, 1.54) is 12.1 Å². The average Bonchev–Trinajstić information content (AvgIpc) is 2.38. The van der Waals surface area contributed by atoms with Gasteiger partial charge >= 0.3 is 0 Å². The first-order chi connectivity index (χ1) is 8.61. The Morgan fingerprint density at radius 2 is 2.11 bits per heavy atom. The maximum Gasteiger partial charge on any atom is 0.256 e. The molecule has 1 aliphatic heterocycles. The zero-order valence-electron chi connectivity index (χ0n) is 9.90. The number of nitrogens with zero attached hydrogens (tertiary/aromatic N) is 1. The number of amides is 1. The Hall–Kier alpha value is -1.10. The molecule has 1 aromatic carbocycles. The van der Waals surface area contributed by atoms with Crippen LogP contribution in [-0.2, 0) is 0 Å². The summed E-state index contributed by atoms with van der Waals surface area (Å²) in [5.74, 6) is -0.524. The first-order valence-electron chi connectivity index (χ1n) is 5.95. The molecule has 1 heterocycles. The maximum atomic E-state index is 13.6. The summed E-state index contributed by atoms with van der Waals surface area (Å²) >= 11 is 3.44. The number of piperidine rings is 1. The molecule has 1 amide bonds. The van der Waals surface area contributed by atoms with Gasteiger partial charge in [0.25, 0.3) is 5.91 Å². The minimum absolute atomic E-state index is 0.0325. The molecule has 0 aromatic heterocycles. The number of rotatable bonds is 2. The molecule has 1 aliphatic rings. The number of phenolic OH excluding ortho intramolecular Hbond substituents is 1. The minimum atomic E-state index is -0.664. The van der Waals surface area contributed by atoms with E-state index in [0.717, 1.165) is 24.2 Å². The largest absolute Gasteiger partial charge is 0.508 e. The van der Waals surface area contributed by atoms with Crippen molar-refractivity contribution in [3.63, 3.8) is 0 Å². The highest BCUT2D eigenvalue weighted by molar-refractivity contribution is 9.09. The van der Waals surface area contributed by atoms with Crippen LogP contribution in [0.3, 0.4) is 0 Å². The van der Waals surface area contributed by atoms with E-state index in [1.807, 2.05) is 0 Å². The number of hydrogen-bond acceptors (Lipinski definition) is 2. The van der Waals surface area contributed by atoms with E-state index in [1.54, 1.807) is 4.90 Å². The predicted molar refractivity (Wildman–Crippen MR) is 70.5 cm³/mol. The van der Waals surface area contributed by atoms with Crippen LogP contribution in [0.1, 0.15) is 23.2 Å². The van der Waals surface area contributed by atoms with Gasteiger partial charge in [-0.2, -0.15) is 0 Å². The Morgan fingerprint density at radius 1 is 1.44 bits per heavy atom. The van der Waals surface area contributed by atoms with Crippen LogP contribution in [0.2, 0.25) is 0 Å². The normalized spacial score (nSPS) is 16.9. The summed E-state index contributed by atoms with van der Waals surface area (Å²) < 4.78 is 13.6. The van der Waals surface area contributed by atoms with Crippen molar-refractivity contribution in [2.45, 2.75) is 12.8 Å². The molecule has 0 unspecified atom stereocenters. The molecule has 0 atom stereocenters. The van der Waals surface area contributed by atoms with Crippen molar-refractivity contribution < 1.29 is 14.3 Å². The first kappa shape index (κ1) is 13.3. The van der Waals surface area contributed by atoms with E-state index < -0.39 is 5.82 Å². The zero-order valence-corrected chi connectivity index (χ0v) is 11.5. The monoisotopic (exact) mass is 315 g/mol. The summed E-state index contributed by atoms with van der Waals surface area (Å²) in [5, 5.41) is 10.1. The second-order valence-corrected chi connectivity index (χ2v) is 5.20. The van der Waals surface area contributed by atoms with E-state index in [0.29, 0.717) is 19.0 Å². The van der Waals surface area contributed by atoms with Crippen LogP contribution in [0, 0.1) is 11.7 Å². The van der Waals surface area contributed by atoms with Gasteiger partial charge in [-0.3, -0.25) is 4.79 Å². The Labute approximate surface area is 114 Å². The van der Waals surface area contributed by atoms with Gasteiger partial charge in [0.2, 0.25) is 0 Å². The third kappa shape index (κ3) is 2.83. The SMILES string of the molecule is O=C(c1ccc(O)cc1F)N1CCC(CBr)CC1. The highest BCUT2D eigenvalue weighted by Gasteiger charge is 2.24. The van der Waals surface area contributed by atoms with Gasteiger partial charge in [-0.25, -0.2) is 4.39 Å². The number of carbonyl (C=O) groups excluding carboxylic acids is 1.